The number of pyridine rings is 1. The summed E-state index contributed by atoms with van der Waals surface area (Å²) in [5.74, 6) is 1.73. The second-order valence-electron chi connectivity index (χ2n) is 10.7. The Kier molecular flexibility index (Phi) is 9.96. The molecular formula is C30H40N8O3S. The third-order valence-corrected chi connectivity index (χ3v) is 8.64. The van der Waals surface area contributed by atoms with Crippen molar-refractivity contribution in [3.63, 3.8) is 0 Å². The molecule has 12 heteroatoms. The summed E-state index contributed by atoms with van der Waals surface area (Å²) < 4.78 is 1.71. The number of fused-ring (bicyclic) bond motifs is 1. The highest BCUT2D eigenvalue weighted by atomic mass is 32.2. The fraction of sp³-hybridized carbons (Fsp3) is 0.500. The van der Waals surface area contributed by atoms with Crippen LogP contribution in [0, 0.1) is 0 Å². The van der Waals surface area contributed by atoms with Gasteiger partial charge in [-0.2, -0.15) is 16.7 Å². The average Bonchev–Trinajstić information content (AvgIpc) is 3.03. The van der Waals surface area contributed by atoms with E-state index < -0.39 is 0 Å². The molecule has 42 heavy (non-hydrogen) atoms. The first-order chi connectivity index (χ1) is 20.4. The number of hydrogen-bond donors (Lipinski definition) is 1. The molecule has 2 aliphatic rings. The standard InChI is InChI=1S/C30H40N8O3S/c1-3-26(39)36-14-11-34(12-15-36)13-20-38-28(41)9-4-23-22-31-30(33-29(23)38)32-24-5-7-25(8-6-24)35-16-18-37(19-17-35)27(40)10-21-42-2/h4-9,22H,3,10-21H2,1-2H3,(H,31,32,33). The molecule has 2 saturated heterocycles. The van der Waals surface area contributed by atoms with E-state index in [1.54, 1.807) is 34.7 Å². The van der Waals surface area contributed by atoms with E-state index in [1.165, 1.54) is 0 Å². The molecule has 1 N–H and O–H groups in total. The lowest BCUT2D eigenvalue weighted by Crippen LogP contribution is -2.49. The Balaban J connectivity index is 1.20. The molecule has 224 valence electrons. The van der Waals surface area contributed by atoms with Crippen molar-refractivity contribution in [1.82, 2.24) is 29.2 Å². The van der Waals surface area contributed by atoms with Crippen LogP contribution in [0.4, 0.5) is 17.3 Å². The number of nitrogens with zero attached hydrogens (tertiary/aromatic N) is 7. The number of amides is 2. The fourth-order valence-corrected chi connectivity index (χ4v) is 5.86. The lowest BCUT2D eigenvalue weighted by atomic mass is 10.2. The lowest BCUT2D eigenvalue weighted by molar-refractivity contribution is -0.132. The summed E-state index contributed by atoms with van der Waals surface area (Å²) in [5.41, 5.74) is 2.47. The summed E-state index contributed by atoms with van der Waals surface area (Å²) >= 11 is 1.70. The highest BCUT2D eigenvalue weighted by molar-refractivity contribution is 7.98. The van der Waals surface area contributed by atoms with Crippen LogP contribution >= 0.6 is 11.8 Å². The van der Waals surface area contributed by atoms with Gasteiger partial charge in [-0.1, -0.05) is 6.92 Å². The SMILES string of the molecule is CCC(=O)N1CCN(CCn2c(=O)ccc3cnc(Nc4ccc(N5CCN(C(=O)CCSC)CC5)cc4)nc32)CC1. The predicted octanol–water partition coefficient (Wildman–Crippen LogP) is 2.49. The van der Waals surface area contributed by atoms with Crippen molar-refractivity contribution < 1.29 is 9.59 Å². The molecule has 2 aromatic heterocycles. The summed E-state index contributed by atoms with van der Waals surface area (Å²) in [4.78, 5) is 54.8. The van der Waals surface area contributed by atoms with E-state index in [9.17, 15) is 14.4 Å². The zero-order valence-electron chi connectivity index (χ0n) is 24.5. The molecule has 2 amide bonds. The summed E-state index contributed by atoms with van der Waals surface area (Å²) in [6.45, 7) is 9.28. The number of benzene rings is 1. The van der Waals surface area contributed by atoms with Gasteiger partial charge in [0.1, 0.15) is 5.65 Å². The van der Waals surface area contributed by atoms with Crippen LogP contribution in [0.2, 0.25) is 0 Å². The van der Waals surface area contributed by atoms with Gasteiger partial charge in [0.15, 0.2) is 0 Å². The first-order valence-electron chi connectivity index (χ1n) is 14.7. The summed E-state index contributed by atoms with van der Waals surface area (Å²) in [5, 5.41) is 4.09. The van der Waals surface area contributed by atoms with Crippen LogP contribution in [0.15, 0.2) is 47.4 Å². The van der Waals surface area contributed by atoms with Gasteiger partial charge in [0.25, 0.3) is 5.56 Å². The number of carbonyl (C=O) groups is 2. The number of hydrogen-bond acceptors (Lipinski definition) is 9. The van der Waals surface area contributed by atoms with Gasteiger partial charge in [-0.15, -0.1) is 0 Å². The van der Waals surface area contributed by atoms with Gasteiger partial charge in [0.05, 0.1) is 0 Å². The Hall–Kier alpha value is -3.64. The normalized spacial score (nSPS) is 16.2. The Morgan fingerprint density at radius 3 is 2.26 bits per heavy atom. The molecule has 4 heterocycles. The molecule has 0 radical (unpaired) electrons. The molecule has 0 saturated carbocycles. The maximum absolute atomic E-state index is 12.8. The second kappa shape index (κ2) is 14.0. The van der Waals surface area contributed by atoms with Gasteiger partial charge in [0.2, 0.25) is 17.8 Å². The van der Waals surface area contributed by atoms with Crippen molar-refractivity contribution in [2.24, 2.45) is 0 Å². The first-order valence-corrected chi connectivity index (χ1v) is 16.1. The molecule has 11 nitrogen and oxygen atoms in total. The number of carbonyl (C=O) groups excluding carboxylic acids is 2. The number of aromatic nitrogens is 3. The molecule has 5 rings (SSSR count). The Bertz CT molecular complexity index is 1430. The Morgan fingerprint density at radius 2 is 1.57 bits per heavy atom. The molecular weight excluding hydrogens is 552 g/mol. The molecule has 0 aliphatic carbocycles. The number of nitrogens with one attached hydrogen (secondary N) is 1. The molecule has 2 aliphatic heterocycles. The van der Waals surface area contributed by atoms with Crippen molar-refractivity contribution in [2.45, 2.75) is 26.3 Å². The van der Waals surface area contributed by atoms with Crippen molar-refractivity contribution in [1.29, 1.82) is 0 Å². The van der Waals surface area contributed by atoms with Crippen molar-refractivity contribution in [2.75, 3.05) is 81.1 Å². The summed E-state index contributed by atoms with van der Waals surface area (Å²) in [6.07, 6.45) is 4.90. The third-order valence-electron chi connectivity index (χ3n) is 8.03. The van der Waals surface area contributed by atoms with E-state index in [-0.39, 0.29) is 17.4 Å². The van der Waals surface area contributed by atoms with Crippen LogP contribution in [-0.4, -0.2) is 112 Å². The monoisotopic (exact) mass is 592 g/mol. The highest BCUT2D eigenvalue weighted by Gasteiger charge is 2.22. The largest absolute Gasteiger partial charge is 0.368 e. The van der Waals surface area contributed by atoms with Gasteiger partial charge >= 0.3 is 0 Å². The number of rotatable bonds is 10. The molecule has 0 atom stereocenters. The molecule has 0 unspecified atom stereocenters. The second-order valence-corrected chi connectivity index (χ2v) is 11.6. The third kappa shape index (κ3) is 7.22. The summed E-state index contributed by atoms with van der Waals surface area (Å²) in [7, 11) is 0. The summed E-state index contributed by atoms with van der Waals surface area (Å²) in [6, 6.07) is 11.5. The number of thioether (sulfide) groups is 1. The van der Waals surface area contributed by atoms with Gasteiger partial charge < -0.3 is 20.0 Å². The van der Waals surface area contributed by atoms with E-state index in [2.05, 4.69) is 32.2 Å². The zero-order chi connectivity index (χ0) is 29.5. The minimum atomic E-state index is -0.0950. The van der Waals surface area contributed by atoms with Gasteiger partial charge in [-0.3, -0.25) is 23.9 Å². The van der Waals surface area contributed by atoms with Crippen LogP contribution in [0.1, 0.15) is 19.8 Å². The van der Waals surface area contributed by atoms with Crippen LogP contribution in [0.25, 0.3) is 11.0 Å². The maximum Gasteiger partial charge on any atom is 0.252 e. The molecule has 2 fully saturated rings. The minimum Gasteiger partial charge on any atom is -0.368 e. The number of piperazine rings is 2. The van der Waals surface area contributed by atoms with Crippen molar-refractivity contribution in [3.05, 3.63) is 52.9 Å². The number of anilines is 3. The van der Waals surface area contributed by atoms with E-state index >= 15 is 0 Å². The van der Waals surface area contributed by atoms with Gasteiger partial charge in [-0.25, -0.2) is 4.98 Å². The lowest BCUT2D eigenvalue weighted by Gasteiger charge is -2.36. The molecule has 0 bridgehead atoms. The Labute approximate surface area is 250 Å². The predicted molar refractivity (Wildman–Crippen MR) is 169 cm³/mol. The minimum absolute atomic E-state index is 0.0950. The average molecular weight is 593 g/mol. The van der Waals surface area contributed by atoms with Crippen molar-refractivity contribution in [3.8, 4) is 0 Å². The molecule has 3 aromatic rings. The quantitative estimate of drug-likeness (QED) is 0.380. The fourth-order valence-electron chi connectivity index (χ4n) is 5.48. The van der Waals surface area contributed by atoms with Gasteiger partial charge in [-0.05, 0) is 36.6 Å². The highest BCUT2D eigenvalue weighted by Crippen LogP contribution is 2.22. The van der Waals surface area contributed by atoms with E-state index in [4.69, 9.17) is 4.98 Å². The maximum atomic E-state index is 12.8. The van der Waals surface area contributed by atoms with Gasteiger partial charge in [0, 0.05) is 113 Å². The van der Waals surface area contributed by atoms with Crippen LogP contribution in [0.5, 0.6) is 0 Å². The first kappa shape index (κ1) is 29.8. The molecule has 0 spiro atoms. The topological polar surface area (TPSA) is 107 Å². The Morgan fingerprint density at radius 1 is 0.881 bits per heavy atom. The van der Waals surface area contributed by atoms with Crippen LogP contribution < -0.4 is 15.8 Å². The smallest absolute Gasteiger partial charge is 0.252 e. The van der Waals surface area contributed by atoms with Crippen molar-refractivity contribution >= 4 is 51.9 Å². The van der Waals surface area contributed by atoms with E-state index in [1.807, 2.05) is 35.1 Å². The zero-order valence-corrected chi connectivity index (χ0v) is 25.3. The molecule has 1 aromatic carbocycles. The van der Waals surface area contributed by atoms with Crippen LogP contribution in [-0.2, 0) is 16.1 Å². The van der Waals surface area contributed by atoms with E-state index in [0.29, 0.717) is 37.5 Å². The van der Waals surface area contributed by atoms with E-state index in [0.717, 1.165) is 74.9 Å². The van der Waals surface area contributed by atoms with Crippen LogP contribution in [0.3, 0.4) is 0 Å².